The molecule has 0 radical (unpaired) electrons. The summed E-state index contributed by atoms with van der Waals surface area (Å²) >= 11 is 3.44. The number of halogens is 1. The number of benzene rings is 3. The van der Waals surface area contributed by atoms with E-state index in [0.29, 0.717) is 17.8 Å². The molecule has 1 aromatic heterocycles. The highest BCUT2D eigenvalue weighted by Crippen LogP contribution is 2.18. The van der Waals surface area contributed by atoms with Gasteiger partial charge in [0.15, 0.2) is 0 Å². The minimum absolute atomic E-state index is 0.323. The molecule has 0 saturated carbocycles. The van der Waals surface area contributed by atoms with Crippen molar-refractivity contribution < 1.29 is 0 Å². The van der Waals surface area contributed by atoms with Crippen molar-refractivity contribution in [3.8, 4) is 0 Å². The zero-order valence-electron chi connectivity index (χ0n) is 16.7. The second kappa shape index (κ2) is 9.82. The Bertz CT molecular complexity index is 1100. The summed E-state index contributed by atoms with van der Waals surface area (Å²) in [5.74, 6) is 1.13. The van der Waals surface area contributed by atoms with Gasteiger partial charge in [0.1, 0.15) is 0 Å². The standard InChI is InChI=1S/C23H20BrN7/c1-16(17-12-14-18(24)15-13-17)30-31-23-28-21(25-19-8-4-2-5-9-19)27-22(29-23)26-20-10-6-3-7-11-20/h2-15H,1H3,(H3,25,26,27,28,29,31)/b30-16+. The third kappa shape index (κ3) is 5.86. The lowest BCUT2D eigenvalue weighted by Gasteiger charge is -2.10. The zero-order valence-corrected chi connectivity index (χ0v) is 18.3. The quantitative estimate of drug-likeness (QED) is 0.226. The summed E-state index contributed by atoms with van der Waals surface area (Å²) in [6.45, 7) is 1.92. The van der Waals surface area contributed by atoms with Gasteiger partial charge in [0.25, 0.3) is 0 Å². The molecule has 1 heterocycles. The fourth-order valence-corrected chi connectivity index (χ4v) is 2.99. The van der Waals surface area contributed by atoms with Gasteiger partial charge >= 0.3 is 0 Å². The predicted octanol–water partition coefficient (Wildman–Crippen LogP) is 5.96. The number of hydrogen-bond acceptors (Lipinski definition) is 7. The smallest absolute Gasteiger partial charge is 0.250 e. The molecule has 0 unspecified atom stereocenters. The molecule has 0 aliphatic carbocycles. The van der Waals surface area contributed by atoms with Crippen LogP contribution in [0.5, 0.6) is 0 Å². The topological polar surface area (TPSA) is 87.1 Å². The average molecular weight is 474 g/mol. The van der Waals surface area contributed by atoms with Crippen molar-refractivity contribution in [2.75, 3.05) is 16.1 Å². The summed E-state index contributed by atoms with van der Waals surface area (Å²) in [7, 11) is 0. The van der Waals surface area contributed by atoms with Crippen LogP contribution in [0.3, 0.4) is 0 Å². The summed E-state index contributed by atoms with van der Waals surface area (Å²) in [6, 6.07) is 27.4. The highest BCUT2D eigenvalue weighted by atomic mass is 79.9. The third-order valence-corrected chi connectivity index (χ3v) is 4.81. The molecule has 4 rings (SSSR count). The highest BCUT2D eigenvalue weighted by Gasteiger charge is 2.08. The van der Waals surface area contributed by atoms with Crippen LogP contribution in [0.1, 0.15) is 12.5 Å². The molecule has 0 atom stereocenters. The van der Waals surface area contributed by atoms with E-state index in [4.69, 9.17) is 0 Å². The van der Waals surface area contributed by atoms with Crippen molar-refractivity contribution in [1.29, 1.82) is 0 Å². The largest absolute Gasteiger partial charge is 0.324 e. The van der Waals surface area contributed by atoms with Crippen molar-refractivity contribution in [3.63, 3.8) is 0 Å². The van der Waals surface area contributed by atoms with Gasteiger partial charge in [-0.1, -0.05) is 64.5 Å². The predicted molar refractivity (Wildman–Crippen MR) is 129 cm³/mol. The maximum atomic E-state index is 4.48. The molecule has 8 heteroatoms. The Balaban J connectivity index is 1.60. The second-order valence-electron chi connectivity index (χ2n) is 6.60. The van der Waals surface area contributed by atoms with Crippen molar-refractivity contribution in [2.24, 2.45) is 5.10 Å². The van der Waals surface area contributed by atoms with E-state index >= 15 is 0 Å². The molecule has 0 saturated heterocycles. The Morgan fingerprint density at radius 1 is 0.677 bits per heavy atom. The van der Waals surface area contributed by atoms with Gasteiger partial charge in [-0.15, -0.1) is 0 Å². The van der Waals surface area contributed by atoms with Crippen LogP contribution in [0.4, 0.5) is 29.2 Å². The van der Waals surface area contributed by atoms with Crippen LogP contribution in [-0.4, -0.2) is 20.7 Å². The minimum Gasteiger partial charge on any atom is -0.324 e. The van der Waals surface area contributed by atoms with Crippen LogP contribution in [0.2, 0.25) is 0 Å². The first-order valence-electron chi connectivity index (χ1n) is 9.62. The Labute approximate surface area is 188 Å². The lowest BCUT2D eigenvalue weighted by molar-refractivity contribution is 1.04. The fourth-order valence-electron chi connectivity index (χ4n) is 2.73. The summed E-state index contributed by atoms with van der Waals surface area (Å²) in [5, 5.41) is 10.8. The van der Waals surface area contributed by atoms with E-state index < -0.39 is 0 Å². The second-order valence-corrected chi connectivity index (χ2v) is 7.52. The average Bonchev–Trinajstić information content (AvgIpc) is 2.79. The van der Waals surface area contributed by atoms with Crippen LogP contribution < -0.4 is 16.1 Å². The number of para-hydroxylation sites is 2. The van der Waals surface area contributed by atoms with E-state index in [1.807, 2.05) is 91.9 Å². The van der Waals surface area contributed by atoms with Gasteiger partial charge in [-0.25, -0.2) is 5.43 Å². The molecule has 0 aliphatic heterocycles. The van der Waals surface area contributed by atoms with E-state index in [0.717, 1.165) is 27.1 Å². The van der Waals surface area contributed by atoms with Crippen LogP contribution in [0.15, 0.2) is 94.5 Å². The molecule has 7 nitrogen and oxygen atoms in total. The summed E-state index contributed by atoms with van der Waals surface area (Å²) in [5.41, 5.74) is 6.50. The molecule has 3 aromatic carbocycles. The number of nitrogens with one attached hydrogen (secondary N) is 3. The van der Waals surface area contributed by atoms with Crippen LogP contribution in [0.25, 0.3) is 0 Å². The Morgan fingerprint density at radius 2 is 1.16 bits per heavy atom. The van der Waals surface area contributed by atoms with Gasteiger partial charge < -0.3 is 10.6 Å². The van der Waals surface area contributed by atoms with Crippen molar-refractivity contribution >= 4 is 50.9 Å². The lowest BCUT2D eigenvalue weighted by atomic mass is 10.1. The minimum atomic E-state index is 0.323. The normalized spacial score (nSPS) is 11.1. The number of anilines is 5. The SMILES string of the molecule is C/C(=N\Nc1nc(Nc2ccccc2)nc(Nc2ccccc2)n1)c1ccc(Br)cc1. The van der Waals surface area contributed by atoms with E-state index in [1.165, 1.54) is 0 Å². The van der Waals surface area contributed by atoms with Crippen LogP contribution >= 0.6 is 15.9 Å². The zero-order chi connectivity index (χ0) is 21.5. The van der Waals surface area contributed by atoms with Gasteiger partial charge in [0, 0.05) is 15.8 Å². The monoisotopic (exact) mass is 473 g/mol. The first kappa shape index (κ1) is 20.5. The fraction of sp³-hybridized carbons (Fsp3) is 0.0435. The summed E-state index contributed by atoms with van der Waals surface area (Å²) in [4.78, 5) is 13.4. The van der Waals surface area contributed by atoms with Crippen LogP contribution in [-0.2, 0) is 0 Å². The maximum Gasteiger partial charge on any atom is 0.250 e. The molecule has 0 amide bonds. The molecular weight excluding hydrogens is 454 g/mol. The third-order valence-electron chi connectivity index (χ3n) is 4.28. The molecule has 0 aliphatic rings. The first-order chi connectivity index (χ1) is 15.2. The van der Waals surface area contributed by atoms with Gasteiger partial charge in [-0.3, -0.25) is 0 Å². The lowest BCUT2D eigenvalue weighted by Crippen LogP contribution is -2.08. The number of nitrogens with zero attached hydrogens (tertiary/aromatic N) is 4. The Hall–Kier alpha value is -3.78. The van der Waals surface area contributed by atoms with E-state index in [2.05, 4.69) is 52.0 Å². The molecule has 154 valence electrons. The molecule has 0 bridgehead atoms. The first-order valence-corrected chi connectivity index (χ1v) is 10.4. The Kier molecular flexibility index (Phi) is 6.49. The van der Waals surface area contributed by atoms with Crippen molar-refractivity contribution in [3.05, 3.63) is 95.0 Å². The molecule has 31 heavy (non-hydrogen) atoms. The molecule has 0 spiro atoms. The molecule has 3 N–H and O–H groups in total. The number of hydrazone groups is 1. The summed E-state index contributed by atoms with van der Waals surface area (Å²) < 4.78 is 1.02. The van der Waals surface area contributed by atoms with Gasteiger partial charge in [-0.2, -0.15) is 20.1 Å². The van der Waals surface area contributed by atoms with Gasteiger partial charge in [-0.05, 0) is 48.9 Å². The van der Waals surface area contributed by atoms with Crippen molar-refractivity contribution in [1.82, 2.24) is 15.0 Å². The Morgan fingerprint density at radius 3 is 1.68 bits per heavy atom. The van der Waals surface area contributed by atoms with E-state index in [-0.39, 0.29) is 0 Å². The van der Waals surface area contributed by atoms with E-state index in [1.54, 1.807) is 0 Å². The van der Waals surface area contributed by atoms with Crippen LogP contribution in [0, 0.1) is 0 Å². The maximum absolute atomic E-state index is 4.48. The van der Waals surface area contributed by atoms with Crippen molar-refractivity contribution in [2.45, 2.75) is 6.92 Å². The van der Waals surface area contributed by atoms with E-state index in [9.17, 15) is 0 Å². The van der Waals surface area contributed by atoms with Gasteiger partial charge in [0.2, 0.25) is 17.8 Å². The highest BCUT2D eigenvalue weighted by molar-refractivity contribution is 9.10. The molecule has 0 fully saturated rings. The number of aromatic nitrogens is 3. The molecule has 4 aromatic rings. The van der Waals surface area contributed by atoms with Gasteiger partial charge in [0.05, 0.1) is 5.71 Å². The number of rotatable bonds is 7. The number of hydrogen-bond donors (Lipinski definition) is 3. The summed E-state index contributed by atoms with van der Waals surface area (Å²) in [6.07, 6.45) is 0. The molecular formula is C23H20BrN7.